The normalized spacial score (nSPS) is 16.2. The van der Waals surface area contributed by atoms with E-state index in [4.69, 9.17) is 4.98 Å². The van der Waals surface area contributed by atoms with Gasteiger partial charge in [0.1, 0.15) is 11.6 Å². The topological polar surface area (TPSA) is 75.9 Å². The van der Waals surface area contributed by atoms with Crippen molar-refractivity contribution in [3.05, 3.63) is 78.5 Å². The summed E-state index contributed by atoms with van der Waals surface area (Å²) < 4.78 is 2.25. The molecule has 4 heterocycles. The lowest BCUT2D eigenvalue weighted by Crippen LogP contribution is -2.39. The van der Waals surface area contributed by atoms with Crippen molar-refractivity contribution in [2.75, 3.05) is 18.4 Å². The number of fused-ring (bicyclic) bond motifs is 1. The number of nitrogens with one attached hydrogen (secondary N) is 1. The van der Waals surface area contributed by atoms with Gasteiger partial charge < -0.3 is 14.8 Å². The SMILES string of the molecule is Cc1cc2ccccc2n1CCC(=O)N1CCC[C@H](c2cccc(Nc3cnccn3)n2)C1. The quantitative estimate of drug-likeness (QED) is 0.471. The van der Waals surface area contributed by atoms with Gasteiger partial charge >= 0.3 is 0 Å². The molecular formula is C26H28N6O. The molecule has 7 heteroatoms. The summed E-state index contributed by atoms with van der Waals surface area (Å²) in [6.45, 7) is 4.34. The van der Waals surface area contributed by atoms with Crippen molar-refractivity contribution in [3.63, 3.8) is 0 Å². The van der Waals surface area contributed by atoms with Crippen LogP contribution in [0.25, 0.3) is 10.9 Å². The van der Waals surface area contributed by atoms with Crippen molar-refractivity contribution in [2.45, 2.75) is 38.6 Å². The lowest BCUT2D eigenvalue weighted by Gasteiger charge is -2.33. The summed E-state index contributed by atoms with van der Waals surface area (Å²) in [7, 11) is 0. The van der Waals surface area contributed by atoms with Crippen LogP contribution < -0.4 is 5.32 Å². The number of para-hydroxylation sites is 1. The molecule has 0 bridgehead atoms. The first-order valence-electron chi connectivity index (χ1n) is 11.5. The number of hydrogen-bond acceptors (Lipinski definition) is 5. The second-order valence-corrected chi connectivity index (χ2v) is 8.59. The Labute approximate surface area is 193 Å². The molecule has 33 heavy (non-hydrogen) atoms. The van der Waals surface area contributed by atoms with Crippen molar-refractivity contribution in [1.29, 1.82) is 0 Å². The van der Waals surface area contributed by atoms with E-state index >= 15 is 0 Å². The molecule has 1 atom stereocenters. The molecule has 3 aromatic heterocycles. The maximum Gasteiger partial charge on any atom is 0.224 e. The average Bonchev–Trinajstić information content (AvgIpc) is 3.18. The largest absolute Gasteiger partial charge is 0.344 e. The van der Waals surface area contributed by atoms with Gasteiger partial charge in [0, 0.05) is 61.3 Å². The summed E-state index contributed by atoms with van der Waals surface area (Å²) in [5.74, 6) is 1.85. The number of piperidine rings is 1. The predicted molar refractivity (Wildman–Crippen MR) is 129 cm³/mol. The standard InChI is InChI=1S/C26H28N6O/c1-19-16-20-6-2-3-9-23(20)32(19)15-11-26(33)31-14-5-7-21(18-31)22-8-4-10-24(29-22)30-25-17-27-12-13-28-25/h2-4,6,8-10,12-13,16-17,21H,5,7,11,14-15,18H2,1H3,(H,28,29,30)/t21-/m0/s1. The molecule has 1 fully saturated rings. The van der Waals surface area contributed by atoms with Gasteiger partial charge in [-0.3, -0.25) is 9.78 Å². The van der Waals surface area contributed by atoms with Crippen LogP contribution in [0.1, 0.15) is 36.6 Å². The third-order valence-electron chi connectivity index (χ3n) is 6.35. The van der Waals surface area contributed by atoms with Gasteiger partial charge in [-0.05, 0) is 49.4 Å². The zero-order valence-corrected chi connectivity index (χ0v) is 18.8. The Bertz CT molecular complexity index is 1250. The smallest absolute Gasteiger partial charge is 0.224 e. The Morgan fingerprint density at radius 1 is 1.12 bits per heavy atom. The number of rotatable bonds is 6. The van der Waals surface area contributed by atoms with E-state index in [2.05, 4.69) is 63.2 Å². The van der Waals surface area contributed by atoms with Crippen LogP contribution in [0.4, 0.5) is 11.6 Å². The predicted octanol–water partition coefficient (Wildman–Crippen LogP) is 4.67. The van der Waals surface area contributed by atoms with Crippen LogP contribution in [0.5, 0.6) is 0 Å². The number of likely N-dealkylation sites (tertiary alicyclic amines) is 1. The van der Waals surface area contributed by atoms with Gasteiger partial charge in [-0.2, -0.15) is 0 Å². The van der Waals surface area contributed by atoms with E-state index in [-0.39, 0.29) is 11.8 Å². The molecule has 0 radical (unpaired) electrons. The maximum atomic E-state index is 13.1. The first-order chi connectivity index (χ1) is 16.2. The van der Waals surface area contributed by atoms with Crippen LogP contribution >= 0.6 is 0 Å². The van der Waals surface area contributed by atoms with Gasteiger partial charge in [-0.25, -0.2) is 9.97 Å². The number of carbonyl (C=O) groups excluding carboxylic acids is 1. The number of pyridine rings is 1. The number of carbonyl (C=O) groups is 1. The summed E-state index contributed by atoms with van der Waals surface area (Å²) in [6, 6.07) is 16.5. The minimum Gasteiger partial charge on any atom is -0.344 e. The highest BCUT2D eigenvalue weighted by molar-refractivity contribution is 5.82. The third kappa shape index (κ3) is 4.72. The lowest BCUT2D eigenvalue weighted by atomic mass is 9.94. The maximum absolute atomic E-state index is 13.1. The van der Waals surface area contributed by atoms with E-state index in [9.17, 15) is 4.79 Å². The molecule has 0 aliphatic carbocycles. The number of anilines is 2. The average molecular weight is 441 g/mol. The molecule has 1 aliphatic heterocycles. The first kappa shape index (κ1) is 21.1. The van der Waals surface area contributed by atoms with Crippen LogP contribution in [0.15, 0.2) is 67.1 Å². The molecule has 0 saturated carbocycles. The fraction of sp³-hybridized carbons (Fsp3) is 0.308. The Morgan fingerprint density at radius 2 is 2.03 bits per heavy atom. The Kier molecular flexibility index (Phi) is 6.02. The van der Waals surface area contributed by atoms with E-state index in [1.807, 2.05) is 17.0 Å². The van der Waals surface area contributed by atoms with E-state index in [0.29, 0.717) is 25.3 Å². The number of hydrogen-bond donors (Lipinski definition) is 1. The van der Waals surface area contributed by atoms with Gasteiger partial charge in [0.2, 0.25) is 5.91 Å². The van der Waals surface area contributed by atoms with Crippen molar-refractivity contribution in [3.8, 4) is 0 Å². The van der Waals surface area contributed by atoms with Gasteiger partial charge in [0.25, 0.3) is 0 Å². The number of aromatic nitrogens is 4. The number of nitrogens with zero attached hydrogens (tertiary/aromatic N) is 5. The first-order valence-corrected chi connectivity index (χ1v) is 11.5. The number of amides is 1. The molecule has 1 aliphatic rings. The fourth-order valence-corrected chi connectivity index (χ4v) is 4.70. The molecule has 1 aromatic carbocycles. The Hall–Kier alpha value is -3.74. The molecule has 0 spiro atoms. The molecule has 7 nitrogen and oxygen atoms in total. The van der Waals surface area contributed by atoms with Gasteiger partial charge in [-0.15, -0.1) is 0 Å². The summed E-state index contributed by atoms with van der Waals surface area (Å²) in [6.07, 6.45) is 7.49. The van der Waals surface area contributed by atoms with Crippen LogP contribution in [0.2, 0.25) is 0 Å². The van der Waals surface area contributed by atoms with E-state index < -0.39 is 0 Å². The van der Waals surface area contributed by atoms with E-state index in [1.54, 1.807) is 18.6 Å². The van der Waals surface area contributed by atoms with Crippen LogP contribution in [-0.2, 0) is 11.3 Å². The minimum absolute atomic E-state index is 0.214. The highest BCUT2D eigenvalue weighted by atomic mass is 16.2. The minimum atomic E-state index is 0.214. The lowest BCUT2D eigenvalue weighted by molar-refractivity contribution is -0.132. The molecule has 1 saturated heterocycles. The summed E-state index contributed by atoms with van der Waals surface area (Å²) in [4.78, 5) is 28.2. The van der Waals surface area contributed by atoms with Gasteiger partial charge in [0.05, 0.1) is 6.20 Å². The molecule has 5 rings (SSSR count). The molecule has 0 unspecified atom stereocenters. The monoisotopic (exact) mass is 440 g/mol. The zero-order chi connectivity index (χ0) is 22.6. The van der Waals surface area contributed by atoms with Crippen molar-refractivity contribution >= 4 is 28.4 Å². The van der Waals surface area contributed by atoms with Crippen molar-refractivity contribution in [2.24, 2.45) is 0 Å². The molecule has 1 amide bonds. The van der Waals surface area contributed by atoms with Crippen LogP contribution in [0, 0.1) is 6.92 Å². The Balaban J connectivity index is 1.24. The second-order valence-electron chi connectivity index (χ2n) is 8.59. The third-order valence-corrected chi connectivity index (χ3v) is 6.35. The number of aryl methyl sites for hydroxylation is 2. The molecule has 168 valence electrons. The summed E-state index contributed by atoms with van der Waals surface area (Å²) in [5, 5.41) is 4.43. The van der Waals surface area contributed by atoms with E-state index in [0.717, 1.165) is 30.9 Å². The highest BCUT2D eigenvalue weighted by Crippen LogP contribution is 2.27. The second kappa shape index (κ2) is 9.40. The molecule has 1 N–H and O–H groups in total. The van der Waals surface area contributed by atoms with E-state index in [1.165, 1.54) is 16.6 Å². The zero-order valence-electron chi connectivity index (χ0n) is 18.8. The molecular weight excluding hydrogens is 412 g/mol. The van der Waals surface area contributed by atoms with Crippen molar-refractivity contribution in [1.82, 2.24) is 24.4 Å². The molecule has 4 aromatic rings. The Morgan fingerprint density at radius 3 is 2.91 bits per heavy atom. The summed E-state index contributed by atoms with van der Waals surface area (Å²) >= 11 is 0. The summed E-state index contributed by atoms with van der Waals surface area (Å²) in [5.41, 5.74) is 3.39. The highest BCUT2D eigenvalue weighted by Gasteiger charge is 2.25. The van der Waals surface area contributed by atoms with Crippen LogP contribution in [0.3, 0.4) is 0 Å². The fourth-order valence-electron chi connectivity index (χ4n) is 4.70. The number of benzene rings is 1. The van der Waals surface area contributed by atoms with Gasteiger partial charge in [0.15, 0.2) is 0 Å². The van der Waals surface area contributed by atoms with Gasteiger partial charge in [-0.1, -0.05) is 24.3 Å². The van der Waals surface area contributed by atoms with Crippen LogP contribution in [-0.4, -0.2) is 43.4 Å². The van der Waals surface area contributed by atoms with Crippen molar-refractivity contribution < 1.29 is 4.79 Å².